The maximum Gasteiger partial charge on any atom is 0.336 e. The van der Waals surface area contributed by atoms with Gasteiger partial charge in [0.1, 0.15) is 0 Å². The lowest BCUT2D eigenvalue weighted by atomic mass is 9.75. The van der Waals surface area contributed by atoms with Crippen molar-refractivity contribution in [3.63, 3.8) is 0 Å². The molecule has 0 aromatic heterocycles. The van der Waals surface area contributed by atoms with Crippen LogP contribution in [0, 0.1) is 0 Å². The highest BCUT2D eigenvalue weighted by Crippen LogP contribution is 2.47. The van der Waals surface area contributed by atoms with Gasteiger partial charge in [-0.25, -0.2) is 4.79 Å². The van der Waals surface area contributed by atoms with Crippen molar-refractivity contribution in [3.05, 3.63) is 46.3 Å². The summed E-state index contributed by atoms with van der Waals surface area (Å²) in [4.78, 5) is 25.5. The number of ether oxygens (including phenoxy) is 3. The van der Waals surface area contributed by atoms with E-state index in [2.05, 4.69) is 5.32 Å². The lowest BCUT2D eigenvalue weighted by molar-refractivity contribution is -0.136. The van der Waals surface area contributed by atoms with E-state index < -0.39 is 11.9 Å². The molecule has 3 rings (SSSR count). The quantitative estimate of drug-likeness (QED) is 0.801. The first-order valence-electron chi connectivity index (χ1n) is 9.15. The molecule has 1 aromatic carbocycles. The second kappa shape index (κ2) is 7.86. The fourth-order valence-corrected chi connectivity index (χ4v) is 3.89. The molecule has 144 valence electrons. The Labute approximate surface area is 159 Å². The number of nitrogens with one attached hydrogen (secondary N) is 1. The van der Waals surface area contributed by atoms with Gasteiger partial charge in [0.15, 0.2) is 17.3 Å². The highest BCUT2D eigenvalue weighted by Gasteiger charge is 2.40. The Morgan fingerprint density at radius 2 is 2.04 bits per heavy atom. The summed E-state index contributed by atoms with van der Waals surface area (Å²) in [5.41, 5.74) is 3.37. The molecule has 2 aliphatic rings. The van der Waals surface area contributed by atoms with Gasteiger partial charge in [-0.15, -0.1) is 0 Å². The van der Waals surface area contributed by atoms with E-state index in [4.69, 9.17) is 14.2 Å². The van der Waals surface area contributed by atoms with E-state index in [0.717, 1.165) is 24.1 Å². The number of Topliss-reactive ketones (excluding diaryl/α,β-unsaturated/α-hetero) is 1. The summed E-state index contributed by atoms with van der Waals surface area (Å²) in [5.74, 6) is 0.167. The largest absolute Gasteiger partial charge is 0.493 e. The number of carbonyl (C=O) groups is 2. The van der Waals surface area contributed by atoms with Crippen LogP contribution < -0.4 is 14.8 Å². The molecule has 0 saturated heterocycles. The fraction of sp³-hybridized carbons (Fsp3) is 0.429. The topological polar surface area (TPSA) is 73.9 Å². The number of esters is 1. The number of dihydropyridines is 1. The van der Waals surface area contributed by atoms with E-state index in [1.807, 2.05) is 32.0 Å². The first-order chi connectivity index (χ1) is 13.0. The molecule has 1 aliphatic carbocycles. The van der Waals surface area contributed by atoms with Crippen molar-refractivity contribution >= 4 is 11.8 Å². The molecule has 1 aromatic rings. The van der Waals surface area contributed by atoms with Gasteiger partial charge in [-0.05, 0) is 32.8 Å². The number of hydrogen-bond acceptors (Lipinski definition) is 6. The predicted molar refractivity (Wildman–Crippen MR) is 101 cm³/mol. The van der Waals surface area contributed by atoms with Crippen molar-refractivity contribution in [2.24, 2.45) is 0 Å². The van der Waals surface area contributed by atoms with Crippen molar-refractivity contribution in [2.75, 3.05) is 20.8 Å². The Morgan fingerprint density at radius 1 is 1.26 bits per heavy atom. The van der Waals surface area contributed by atoms with E-state index in [1.165, 1.54) is 7.11 Å². The standard InChI is InChI=1S/C21H25NO5/c1-5-27-20-13(8-6-11-16(20)25-3)18-17(21(24)26-4)12(2)22-14-9-7-10-15(23)19(14)18/h6,8,11,18,22H,5,7,9-10H2,1-4H3. The molecule has 6 nitrogen and oxygen atoms in total. The molecule has 1 unspecified atom stereocenters. The Kier molecular flexibility index (Phi) is 5.54. The van der Waals surface area contributed by atoms with Crippen LogP contribution in [0.15, 0.2) is 40.7 Å². The van der Waals surface area contributed by atoms with Crippen molar-refractivity contribution < 1.29 is 23.8 Å². The maximum atomic E-state index is 12.9. The van der Waals surface area contributed by atoms with Crippen molar-refractivity contribution in [3.8, 4) is 11.5 Å². The van der Waals surface area contributed by atoms with Gasteiger partial charge >= 0.3 is 5.97 Å². The minimum atomic E-state index is -0.543. The lowest BCUT2D eigenvalue weighted by Crippen LogP contribution is -2.34. The zero-order valence-electron chi connectivity index (χ0n) is 16.2. The van der Waals surface area contributed by atoms with Gasteiger partial charge in [-0.2, -0.15) is 0 Å². The number of para-hydroxylation sites is 1. The molecule has 1 aliphatic heterocycles. The Hall–Kier alpha value is -2.76. The van der Waals surface area contributed by atoms with E-state index in [9.17, 15) is 9.59 Å². The molecular formula is C21H25NO5. The van der Waals surface area contributed by atoms with Gasteiger partial charge in [0, 0.05) is 29.0 Å². The van der Waals surface area contributed by atoms with Gasteiger partial charge in [-0.1, -0.05) is 12.1 Å². The summed E-state index contributed by atoms with van der Waals surface area (Å²) in [7, 11) is 2.92. The molecule has 27 heavy (non-hydrogen) atoms. The van der Waals surface area contributed by atoms with Crippen LogP contribution in [0.3, 0.4) is 0 Å². The third-order valence-corrected chi connectivity index (χ3v) is 5.01. The van der Waals surface area contributed by atoms with Crippen molar-refractivity contribution in [2.45, 2.75) is 39.0 Å². The zero-order valence-corrected chi connectivity index (χ0v) is 16.2. The van der Waals surface area contributed by atoms with E-state index in [-0.39, 0.29) is 5.78 Å². The molecule has 1 heterocycles. The van der Waals surface area contributed by atoms with Gasteiger partial charge in [0.2, 0.25) is 0 Å². The van der Waals surface area contributed by atoms with Crippen LogP contribution in [0.5, 0.6) is 11.5 Å². The molecule has 0 fully saturated rings. The SMILES string of the molecule is CCOc1c(OC)cccc1C1C(C(=O)OC)=C(C)NC2=C1C(=O)CCC2. The van der Waals surface area contributed by atoms with Crippen LogP contribution in [0.25, 0.3) is 0 Å². The van der Waals surface area contributed by atoms with Crippen LogP contribution in [-0.2, 0) is 14.3 Å². The molecule has 0 radical (unpaired) electrons. The van der Waals surface area contributed by atoms with Crippen LogP contribution in [0.2, 0.25) is 0 Å². The molecule has 0 bridgehead atoms. The zero-order chi connectivity index (χ0) is 19.6. The minimum Gasteiger partial charge on any atom is -0.493 e. The lowest BCUT2D eigenvalue weighted by Gasteiger charge is -2.34. The summed E-state index contributed by atoms with van der Waals surface area (Å²) < 4.78 is 16.4. The monoisotopic (exact) mass is 371 g/mol. The number of methoxy groups -OCH3 is 2. The Morgan fingerprint density at radius 3 is 2.70 bits per heavy atom. The normalized spacial score (nSPS) is 19.4. The third-order valence-electron chi connectivity index (χ3n) is 5.01. The second-order valence-corrected chi connectivity index (χ2v) is 6.57. The maximum absolute atomic E-state index is 12.9. The molecular weight excluding hydrogens is 346 g/mol. The van der Waals surface area contributed by atoms with Crippen molar-refractivity contribution in [1.29, 1.82) is 0 Å². The molecule has 6 heteroatoms. The van der Waals surface area contributed by atoms with Gasteiger partial charge in [0.05, 0.1) is 32.3 Å². The Balaban J connectivity index is 2.27. The van der Waals surface area contributed by atoms with Gasteiger partial charge in [-0.3, -0.25) is 4.79 Å². The number of ketones is 1. The van der Waals surface area contributed by atoms with Crippen LogP contribution >= 0.6 is 0 Å². The second-order valence-electron chi connectivity index (χ2n) is 6.57. The van der Waals surface area contributed by atoms with Gasteiger partial charge in [0.25, 0.3) is 0 Å². The smallest absolute Gasteiger partial charge is 0.336 e. The first kappa shape index (κ1) is 19.0. The van der Waals surface area contributed by atoms with Crippen molar-refractivity contribution in [1.82, 2.24) is 5.32 Å². The molecule has 0 saturated carbocycles. The first-order valence-corrected chi connectivity index (χ1v) is 9.15. The molecule has 1 atom stereocenters. The highest BCUT2D eigenvalue weighted by atomic mass is 16.5. The molecule has 0 amide bonds. The summed E-state index contributed by atoms with van der Waals surface area (Å²) in [6, 6.07) is 5.53. The highest BCUT2D eigenvalue weighted by molar-refractivity contribution is 6.04. The number of rotatable bonds is 5. The van der Waals surface area contributed by atoms with Gasteiger partial charge < -0.3 is 19.5 Å². The number of benzene rings is 1. The summed E-state index contributed by atoms with van der Waals surface area (Å²) in [6.45, 7) is 4.16. The average Bonchev–Trinajstić information content (AvgIpc) is 2.67. The fourth-order valence-electron chi connectivity index (χ4n) is 3.89. The third kappa shape index (κ3) is 3.31. The predicted octanol–water partition coefficient (Wildman–Crippen LogP) is 3.23. The minimum absolute atomic E-state index is 0.0490. The number of carbonyl (C=O) groups excluding carboxylic acids is 2. The Bertz CT molecular complexity index is 837. The van der Waals surface area contributed by atoms with Crippen LogP contribution in [0.4, 0.5) is 0 Å². The van der Waals surface area contributed by atoms with Crippen LogP contribution in [-0.4, -0.2) is 32.6 Å². The molecule has 0 spiro atoms. The number of allylic oxidation sites excluding steroid dienone is 3. The summed E-state index contributed by atoms with van der Waals surface area (Å²) in [6.07, 6.45) is 2.05. The van der Waals surface area contributed by atoms with Crippen LogP contribution in [0.1, 0.15) is 44.6 Å². The molecule has 1 N–H and O–H groups in total. The van der Waals surface area contributed by atoms with E-state index in [0.29, 0.717) is 41.4 Å². The summed E-state index contributed by atoms with van der Waals surface area (Å²) in [5, 5.41) is 3.26. The number of hydrogen-bond donors (Lipinski definition) is 1. The van der Waals surface area contributed by atoms with E-state index in [1.54, 1.807) is 7.11 Å². The van der Waals surface area contributed by atoms with E-state index >= 15 is 0 Å². The summed E-state index contributed by atoms with van der Waals surface area (Å²) >= 11 is 0. The average molecular weight is 371 g/mol.